The molecule has 0 bridgehead atoms. The van der Waals surface area contributed by atoms with E-state index in [1.54, 1.807) is 7.05 Å². The highest BCUT2D eigenvalue weighted by atomic mass is 32.2. The average Bonchev–Trinajstić information content (AvgIpc) is 2.25. The number of sulfonamides is 1. The third-order valence-electron chi connectivity index (χ3n) is 2.12. The highest BCUT2D eigenvalue weighted by Crippen LogP contribution is 2.34. The third-order valence-corrected chi connectivity index (χ3v) is 3.39. The number of hydrogen-bond donors (Lipinski definition) is 2. The topological polar surface area (TPSA) is 58.2 Å². The van der Waals surface area contributed by atoms with Gasteiger partial charge in [-0.05, 0) is 19.2 Å². The Kier molecular flexibility index (Phi) is 4.58. The molecule has 0 spiro atoms. The van der Waals surface area contributed by atoms with E-state index in [1.807, 2.05) is 4.72 Å². The van der Waals surface area contributed by atoms with Crippen molar-refractivity contribution in [1.82, 2.24) is 5.32 Å². The minimum Gasteiger partial charge on any atom is -0.319 e. The summed E-state index contributed by atoms with van der Waals surface area (Å²) >= 11 is 0. The van der Waals surface area contributed by atoms with E-state index in [0.29, 0.717) is 0 Å². The Bertz CT molecular complexity index is 500. The van der Waals surface area contributed by atoms with Crippen LogP contribution in [0.3, 0.4) is 0 Å². The fourth-order valence-electron chi connectivity index (χ4n) is 1.27. The smallest absolute Gasteiger partial charge is 0.319 e. The van der Waals surface area contributed by atoms with E-state index in [1.165, 1.54) is 12.1 Å². The molecule has 1 rings (SSSR count). The molecule has 0 aromatic heterocycles. The summed E-state index contributed by atoms with van der Waals surface area (Å²) < 4.78 is 62.9. The van der Waals surface area contributed by atoms with Gasteiger partial charge in [0.05, 0.1) is 17.0 Å². The lowest BCUT2D eigenvalue weighted by molar-refractivity contribution is -0.136. The van der Waals surface area contributed by atoms with Crippen molar-refractivity contribution in [2.75, 3.05) is 24.1 Å². The van der Waals surface area contributed by atoms with Gasteiger partial charge in [-0.3, -0.25) is 4.72 Å². The van der Waals surface area contributed by atoms with Crippen LogP contribution in [0.25, 0.3) is 0 Å². The van der Waals surface area contributed by atoms with Gasteiger partial charge in [0.1, 0.15) is 0 Å². The Morgan fingerprint density at radius 3 is 2.39 bits per heavy atom. The Hall–Kier alpha value is -1.28. The highest BCUT2D eigenvalue weighted by molar-refractivity contribution is 7.92. The summed E-state index contributed by atoms with van der Waals surface area (Å²) in [6, 6.07) is 4.45. The Morgan fingerprint density at radius 2 is 1.83 bits per heavy atom. The molecule has 18 heavy (non-hydrogen) atoms. The Morgan fingerprint density at radius 1 is 1.22 bits per heavy atom. The fourth-order valence-corrected chi connectivity index (χ4v) is 2.36. The molecular weight excluding hydrogens is 269 g/mol. The molecule has 0 heterocycles. The maximum Gasteiger partial charge on any atom is 0.418 e. The van der Waals surface area contributed by atoms with E-state index >= 15 is 0 Å². The number of halogens is 3. The second kappa shape index (κ2) is 5.57. The van der Waals surface area contributed by atoms with Crippen molar-refractivity contribution in [1.29, 1.82) is 0 Å². The van der Waals surface area contributed by atoms with Crippen LogP contribution < -0.4 is 10.0 Å². The van der Waals surface area contributed by atoms with Gasteiger partial charge in [-0.15, -0.1) is 0 Å². The number of alkyl halides is 3. The molecule has 0 amide bonds. The van der Waals surface area contributed by atoms with Crippen LogP contribution >= 0.6 is 0 Å². The molecule has 0 unspecified atom stereocenters. The standard InChI is InChI=1S/C10H13F3N2O2S/c1-14-6-7-18(16,17)15-9-5-3-2-4-8(9)10(11,12)13/h2-5,14-15H,6-7H2,1H3. The molecule has 0 radical (unpaired) electrons. The molecule has 0 aliphatic heterocycles. The van der Waals surface area contributed by atoms with E-state index in [0.717, 1.165) is 12.1 Å². The number of para-hydroxylation sites is 1. The van der Waals surface area contributed by atoms with Crippen molar-refractivity contribution < 1.29 is 21.6 Å². The summed E-state index contributed by atoms with van der Waals surface area (Å²) in [5.74, 6) is -0.296. The molecule has 2 N–H and O–H groups in total. The van der Waals surface area contributed by atoms with Crippen LogP contribution in [-0.4, -0.2) is 27.8 Å². The molecule has 0 fully saturated rings. The first kappa shape index (κ1) is 14.8. The van der Waals surface area contributed by atoms with Gasteiger partial charge in [0.15, 0.2) is 0 Å². The van der Waals surface area contributed by atoms with Crippen molar-refractivity contribution in [3.8, 4) is 0 Å². The van der Waals surface area contributed by atoms with Crippen LogP contribution in [0.15, 0.2) is 24.3 Å². The van der Waals surface area contributed by atoms with Gasteiger partial charge in [0.25, 0.3) is 0 Å². The van der Waals surface area contributed by atoms with E-state index < -0.39 is 27.5 Å². The largest absolute Gasteiger partial charge is 0.418 e. The van der Waals surface area contributed by atoms with Crippen molar-refractivity contribution >= 4 is 15.7 Å². The van der Waals surface area contributed by atoms with E-state index in [2.05, 4.69) is 5.32 Å². The first-order valence-corrected chi connectivity index (χ1v) is 6.73. The summed E-state index contributed by atoms with van der Waals surface area (Å²) in [6.45, 7) is 0.156. The van der Waals surface area contributed by atoms with Gasteiger partial charge < -0.3 is 5.32 Å². The monoisotopic (exact) mass is 282 g/mol. The summed E-state index contributed by atoms with van der Waals surface area (Å²) in [6.07, 6.45) is -4.60. The molecule has 0 atom stereocenters. The van der Waals surface area contributed by atoms with Crippen LogP contribution in [0.4, 0.5) is 18.9 Å². The van der Waals surface area contributed by atoms with Crippen molar-refractivity contribution in [3.05, 3.63) is 29.8 Å². The molecule has 1 aromatic rings. The number of anilines is 1. The van der Waals surface area contributed by atoms with Gasteiger partial charge in [0.2, 0.25) is 10.0 Å². The minimum absolute atomic E-state index is 0.156. The quantitative estimate of drug-likeness (QED) is 0.863. The van der Waals surface area contributed by atoms with Gasteiger partial charge in [0, 0.05) is 6.54 Å². The SMILES string of the molecule is CNCCS(=O)(=O)Nc1ccccc1C(F)(F)F. The zero-order valence-electron chi connectivity index (χ0n) is 9.58. The normalized spacial score (nSPS) is 12.4. The predicted octanol–water partition coefficient (Wildman–Crippen LogP) is 1.67. The number of hydrogen-bond acceptors (Lipinski definition) is 3. The zero-order valence-corrected chi connectivity index (χ0v) is 10.4. The van der Waals surface area contributed by atoms with Gasteiger partial charge in [-0.25, -0.2) is 8.42 Å². The number of benzene rings is 1. The van der Waals surface area contributed by atoms with Crippen LogP contribution in [-0.2, 0) is 16.2 Å². The Labute approximate surface area is 103 Å². The van der Waals surface area contributed by atoms with Crippen LogP contribution in [0.5, 0.6) is 0 Å². The molecule has 102 valence electrons. The maximum absolute atomic E-state index is 12.6. The molecule has 0 saturated carbocycles. The summed E-state index contributed by atoms with van der Waals surface area (Å²) in [5.41, 5.74) is -1.46. The van der Waals surface area contributed by atoms with Crippen molar-refractivity contribution in [3.63, 3.8) is 0 Å². The molecule has 0 saturated heterocycles. The summed E-state index contributed by atoms with van der Waals surface area (Å²) in [7, 11) is -2.24. The average molecular weight is 282 g/mol. The fraction of sp³-hybridized carbons (Fsp3) is 0.400. The third kappa shape index (κ3) is 4.19. The first-order chi connectivity index (χ1) is 8.26. The lowest BCUT2D eigenvalue weighted by Crippen LogP contribution is -2.25. The second-order valence-electron chi connectivity index (χ2n) is 3.57. The zero-order chi connectivity index (χ0) is 13.8. The summed E-state index contributed by atoms with van der Waals surface area (Å²) in [5, 5.41) is 2.61. The molecule has 8 heteroatoms. The van der Waals surface area contributed by atoms with Crippen LogP contribution in [0.1, 0.15) is 5.56 Å². The minimum atomic E-state index is -4.60. The lowest BCUT2D eigenvalue weighted by atomic mass is 10.2. The molecule has 1 aromatic carbocycles. The maximum atomic E-state index is 12.6. The van der Waals surface area contributed by atoms with Gasteiger partial charge >= 0.3 is 6.18 Å². The van der Waals surface area contributed by atoms with Gasteiger partial charge in [-0.2, -0.15) is 13.2 Å². The Balaban J connectivity index is 2.98. The van der Waals surface area contributed by atoms with Crippen LogP contribution in [0, 0.1) is 0 Å². The molecule has 0 aliphatic carbocycles. The lowest BCUT2D eigenvalue weighted by Gasteiger charge is -2.14. The van der Waals surface area contributed by atoms with E-state index in [4.69, 9.17) is 0 Å². The summed E-state index contributed by atoms with van der Waals surface area (Å²) in [4.78, 5) is 0. The predicted molar refractivity (Wildman–Crippen MR) is 62.8 cm³/mol. The molecule has 4 nitrogen and oxygen atoms in total. The number of nitrogens with one attached hydrogen (secondary N) is 2. The first-order valence-electron chi connectivity index (χ1n) is 5.07. The molecular formula is C10H13F3N2O2S. The van der Waals surface area contributed by atoms with E-state index in [9.17, 15) is 21.6 Å². The van der Waals surface area contributed by atoms with E-state index in [-0.39, 0.29) is 12.3 Å². The van der Waals surface area contributed by atoms with Crippen molar-refractivity contribution in [2.24, 2.45) is 0 Å². The van der Waals surface area contributed by atoms with Crippen molar-refractivity contribution in [2.45, 2.75) is 6.18 Å². The molecule has 0 aliphatic rings. The second-order valence-corrected chi connectivity index (χ2v) is 5.41. The van der Waals surface area contributed by atoms with Gasteiger partial charge in [-0.1, -0.05) is 12.1 Å². The highest BCUT2D eigenvalue weighted by Gasteiger charge is 2.34. The number of rotatable bonds is 5. The van der Waals surface area contributed by atoms with Crippen LogP contribution in [0.2, 0.25) is 0 Å².